The molecule has 8 heteroatoms. The lowest BCUT2D eigenvalue weighted by Crippen LogP contribution is -2.07. The first-order valence-electron chi connectivity index (χ1n) is 14.1. The molecule has 0 bridgehead atoms. The van der Waals surface area contributed by atoms with Crippen LogP contribution in [-0.4, -0.2) is 31.1 Å². The van der Waals surface area contributed by atoms with Crippen molar-refractivity contribution in [1.29, 1.82) is 0 Å². The number of fused-ring (bicyclic) bond motifs is 1. The van der Waals surface area contributed by atoms with Crippen molar-refractivity contribution in [3.05, 3.63) is 88.3 Å². The molecule has 42 heavy (non-hydrogen) atoms. The maximum Gasteiger partial charge on any atom is 0.344 e. The number of rotatable bonds is 15. The highest BCUT2D eigenvalue weighted by Gasteiger charge is 2.13. The molecule has 8 nitrogen and oxygen atoms in total. The Morgan fingerprint density at radius 2 is 1.33 bits per heavy atom. The second kappa shape index (κ2) is 15.5. The van der Waals surface area contributed by atoms with Gasteiger partial charge in [-0.05, 0) is 99.4 Å². The molecule has 0 aliphatic rings. The fourth-order valence-electron chi connectivity index (χ4n) is 4.24. The average Bonchev–Trinajstić information content (AvgIpc) is 2.96. The number of carbonyl (C=O) groups excluding carboxylic acids is 3. The first-order valence-corrected chi connectivity index (χ1v) is 14.1. The number of unbranched alkanes of at least 4 members (excludes halogenated alkanes) is 2. The number of aryl methyl sites for hydroxylation is 2. The highest BCUT2D eigenvalue weighted by atomic mass is 16.5. The van der Waals surface area contributed by atoms with E-state index >= 15 is 0 Å². The van der Waals surface area contributed by atoms with E-state index in [0.717, 1.165) is 35.8 Å². The maximum absolute atomic E-state index is 12.9. The minimum Gasteiger partial charge on any atom is -0.462 e. The Hall–Kier alpha value is -4.46. The number of benzene rings is 2. The van der Waals surface area contributed by atoms with Gasteiger partial charge in [0.05, 0.1) is 18.8 Å². The van der Waals surface area contributed by atoms with Crippen molar-refractivity contribution in [2.75, 3.05) is 13.2 Å². The molecule has 0 amide bonds. The zero-order valence-electron chi connectivity index (χ0n) is 24.6. The summed E-state index contributed by atoms with van der Waals surface area (Å²) in [6.45, 7) is 12.8. The molecule has 0 saturated heterocycles. The van der Waals surface area contributed by atoms with Gasteiger partial charge in [0.15, 0.2) is 0 Å². The van der Waals surface area contributed by atoms with Gasteiger partial charge in [-0.25, -0.2) is 14.4 Å². The van der Waals surface area contributed by atoms with E-state index in [1.54, 1.807) is 45.0 Å². The number of ether oxygens (including phenoxy) is 3. The van der Waals surface area contributed by atoms with E-state index in [-0.39, 0.29) is 12.4 Å². The summed E-state index contributed by atoms with van der Waals surface area (Å²) in [7, 11) is 0. The normalized spacial score (nSPS) is 10.7. The summed E-state index contributed by atoms with van der Waals surface area (Å²) in [6.07, 6.45) is 4.66. The molecule has 1 heterocycles. The topological polar surface area (TPSA) is 109 Å². The van der Waals surface area contributed by atoms with Crippen LogP contribution in [0.25, 0.3) is 22.1 Å². The summed E-state index contributed by atoms with van der Waals surface area (Å²) < 4.78 is 21.4. The van der Waals surface area contributed by atoms with Crippen LogP contribution in [0.4, 0.5) is 0 Å². The fourth-order valence-corrected chi connectivity index (χ4v) is 4.24. The van der Waals surface area contributed by atoms with Gasteiger partial charge in [-0.15, -0.1) is 0 Å². The van der Waals surface area contributed by atoms with Gasteiger partial charge in [0.2, 0.25) is 0 Å². The smallest absolute Gasteiger partial charge is 0.344 e. The quantitative estimate of drug-likeness (QED) is 0.0652. The lowest BCUT2D eigenvalue weighted by molar-refractivity contribution is -0.139. The highest BCUT2D eigenvalue weighted by molar-refractivity contribution is 5.87. The molecular weight excluding hydrogens is 536 g/mol. The van der Waals surface area contributed by atoms with Gasteiger partial charge in [-0.3, -0.25) is 4.79 Å². The molecule has 2 aromatic carbocycles. The lowest BCUT2D eigenvalue weighted by atomic mass is 9.95. The Morgan fingerprint density at radius 1 is 0.786 bits per heavy atom. The Kier molecular flexibility index (Phi) is 11.8. The van der Waals surface area contributed by atoms with Crippen molar-refractivity contribution >= 4 is 28.9 Å². The second-order valence-electron chi connectivity index (χ2n) is 10.2. The van der Waals surface area contributed by atoms with E-state index in [9.17, 15) is 19.2 Å². The molecule has 3 rings (SSSR count). The van der Waals surface area contributed by atoms with Gasteiger partial charge in [0, 0.05) is 23.0 Å². The molecule has 0 fully saturated rings. The highest BCUT2D eigenvalue weighted by Crippen LogP contribution is 2.27. The first-order chi connectivity index (χ1) is 20.1. The minimum atomic E-state index is -0.467. The molecule has 0 N–H and O–H groups in total. The fraction of sp³-hybridized carbons (Fsp3) is 0.353. The molecule has 222 valence electrons. The Morgan fingerprint density at radius 3 is 1.86 bits per heavy atom. The number of hydrogen-bond donors (Lipinski definition) is 0. The molecule has 0 atom stereocenters. The molecule has 0 saturated carbocycles. The van der Waals surface area contributed by atoms with Crippen LogP contribution in [0, 0.1) is 0 Å². The van der Waals surface area contributed by atoms with Crippen LogP contribution in [0.3, 0.4) is 0 Å². The van der Waals surface area contributed by atoms with Gasteiger partial charge >= 0.3 is 23.5 Å². The molecule has 1 aromatic heterocycles. The second-order valence-corrected chi connectivity index (χ2v) is 10.2. The summed E-state index contributed by atoms with van der Waals surface area (Å²) in [5, 5.41) is 0.786. The third-order valence-electron chi connectivity index (χ3n) is 6.58. The lowest BCUT2D eigenvalue weighted by Gasteiger charge is -2.13. The van der Waals surface area contributed by atoms with Crippen LogP contribution in [0.15, 0.2) is 76.0 Å². The molecule has 0 radical (unpaired) electrons. The van der Waals surface area contributed by atoms with E-state index in [1.165, 1.54) is 0 Å². The molecule has 0 aliphatic carbocycles. The van der Waals surface area contributed by atoms with Crippen LogP contribution in [0.1, 0.15) is 64.0 Å². The Balaban J connectivity index is 1.81. The average molecular weight is 575 g/mol. The first kappa shape index (κ1) is 32.1. The molecule has 0 aliphatic heterocycles. The Bertz CT molecular complexity index is 1510. The monoisotopic (exact) mass is 574 g/mol. The van der Waals surface area contributed by atoms with Crippen LogP contribution >= 0.6 is 0 Å². The van der Waals surface area contributed by atoms with Crippen LogP contribution in [-0.2, 0) is 36.7 Å². The summed E-state index contributed by atoms with van der Waals surface area (Å²) in [5.41, 5.74) is 3.96. The predicted octanol–water partition coefficient (Wildman–Crippen LogP) is 6.66. The summed E-state index contributed by atoms with van der Waals surface area (Å²) in [6, 6.07) is 12.5. The van der Waals surface area contributed by atoms with Gasteiger partial charge in [-0.2, -0.15) is 0 Å². The number of esters is 3. The third-order valence-corrected chi connectivity index (χ3v) is 6.58. The largest absolute Gasteiger partial charge is 0.462 e. The van der Waals surface area contributed by atoms with Crippen molar-refractivity contribution in [1.82, 2.24) is 0 Å². The molecule has 3 aromatic rings. The standard InChI is InChI=1S/C34H38O8/c1-6-31(35)41-28-15-13-24(14-16-28)29-20-27-19-25(11-7-9-17-39-32(36)22(2)3)26(21-30(27)42-34(29)38)12-8-10-18-40-33(37)23(4)5/h13-16,19-21H,2,4,6-12,17-18H2,1,3,5H3. The molecule has 0 spiro atoms. The zero-order valence-corrected chi connectivity index (χ0v) is 24.6. The SMILES string of the molecule is C=C(C)C(=O)OCCCCc1cc2cc(-c3ccc(OC(=O)CC)cc3)c(=O)oc2cc1CCCCOC(=O)C(=C)C. The number of carbonyl (C=O) groups is 3. The summed E-state index contributed by atoms with van der Waals surface area (Å²) in [5.74, 6) is -0.722. The van der Waals surface area contributed by atoms with E-state index in [4.69, 9.17) is 18.6 Å². The van der Waals surface area contributed by atoms with Gasteiger partial charge in [0.25, 0.3) is 0 Å². The zero-order chi connectivity index (χ0) is 30.6. The van der Waals surface area contributed by atoms with E-state index < -0.39 is 17.6 Å². The van der Waals surface area contributed by atoms with E-state index in [1.807, 2.05) is 18.2 Å². The van der Waals surface area contributed by atoms with Crippen LogP contribution in [0.5, 0.6) is 5.75 Å². The predicted molar refractivity (Wildman–Crippen MR) is 161 cm³/mol. The van der Waals surface area contributed by atoms with Crippen molar-refractivity contribution < 1.29 is 33.0 Å². The van der Waals surface area contributed by atoms with Gasteiger partial charge < -0.3 is 18.6 Å². The van der Waals surface area contributed by atoms with Crippen molar-refractivity contribution in [2.45, 2.75) is 65.7 Å². The minimum absolute atomic E-state index is 0.266. The van der Waals surface area contributed by atoms with Gasteiger partial charge in [-0.1, -0.05) is 32.2 Å². The van der Waals surface area contributed by atoms with Crippen molar-refractivity contribution in [3.8, 4) is 16.9 Å². The van der Waals surface area contributed by atoms with Crippen molar-refractivity contribution in [3.63, 3.8) is 0 Å². The van der Waals surface area contributed by atoms with Crippen LogP contribution < -0.4 is 10.4 Å². The number of hydrogen-bond acceptors (Lipinski definition) is 8. The molecule has 0 unspecified atom stereocenters. The summed E-state index contributed by atoms with van der Waals surface area (Å²) in [4.78, 5) is 47.8. The molecular formula is C34H38O8. The summed E-state index contributed by atoms with van der Waals surface area (Å²) >= 11 is 0. The third kappa shape index (κ3) is 9.29. The van der Waals surface area contributed by atoms with E-state index in [0.29, 0.717) is 66.1 Å². The van der Waals surface area contributed by atoms with Crippen LogP contribution in [0.2, 0.25) is 0 Å². The van der Waals surface area contributed by atoms with Crippen molar-refractivity contribution in [2.24, 2.45) is 0 Å². The van der Waals surface area contributed by atoms with E-state index in [2.05, 4.69) is 13.2 Å². The Labute approximate surface area is 246 Å². The van der Waals surface area contributed by atoms with Gasteiger partial charge in [0.1, 0.15) is 11.3 Å². The maximum atomic E-state index is 12.9.